The number of nitrogens with two attached hydrogens (primary N) is 1. The van der Waals surface area contributed by atoms with Gasteiger partial charge < -0.3 is 20.7 Å². The van der Waals surface area contributed by atoms with Crippen LogP contribution in [0.25, 0.3) is 22.4 Å². The molecule has 1 atom stereocenters. The van der Waals surface area contributed by atoms with E-state index in [0.717, 1.165) is 60.6 Å². The number of benzene rings is 1. The largest absolute Gasteiger partial charge is 0.496 e. The number of likely N-dealkylation sites (tertiary alicyclic amines) is 1. The molecule has 0 saturated carbocycles. The molecule has 8 heteroatoms. The fourth-order valence-corrected chi connectivity index (χ4v) is 5.02. The molecule has 1 fully saturated rings. The van der Waals surface area contributed by atoms with Crippen LogP contribution >= 0.6 is 0 Å². The summed E-state index contributed by atoms with van der Waals surface area (Å²) in [6.07, 6.45) is 3.74. The number of urea groups is 1. The molecule has 1 spiro atoms. The molecule has 1 saturated heterocycles. The molecule has 32 heavy (non-hydrogen) atoms. The predicted octanol–water partition coefficient (Wildman–Crippen LogP) is 3.28. The highest BCUT2D eigenvalue weighted by Crippen LogP contribution is 2.44. The average molecular weight is 433 g/mol. The SMILES string of the molecule is CCNC(=O)N1CC[C@@]2(CCn3nc(-c4cnc(N)c(-c5ccccc5OC)c4)cc32)C1. The molecule has 5 rings (SSSR count). The number of aryl methyl sites for hydroxylation is 1. The lowest BCUT2D eigenvalue weighted by Crippen LogP contribution is -2.40. The van der Waals surface area contributed by atoms with Crippen LogP contribution < -0.4 is 15.8 Å². The highest BCUT2D eigenvalue weighted by atomic mass is 16.5. The smallest absolute Gasteiger partial charge is 0.317 e. The zero-order valence-electron chi connectivity index (χ0n) is 18.5. The third kappa shape index (κ3) is 3.26. The van der Waals surface area contributed by atoms with Crippen LogP contribution in [0.15, 0.2) is 42.6 Å². The van der Waals surface area contributed by atoms with E-state index in [4.69, 9.17) is 15.6 Å². The van der Waals surface area contributed by atoms with Crippen LogP contribution in [0.4, 0.5) is 10.6 Å². The number of carbonyl (C=O) groups is 1. The van der Waals surface area contributed by atoms with Gasteiger partial charge in [0.1, 0.15) is 11.6 Å². The number of hydrogen-bond acceptors (Lipinski definition) is 5. The van der Waals surface area contributed by atoms with Crippen molar-refractivity contribution in [1.29, 1.82) is 0 Å². The summed E-state index contributed by atoms with van der Waals surface area (Å²) in [6, 6.07) is 12.0. The summed E-state index contributed by atoms with van der Waals surface area (Å²) in [5, 5.41) is 7.80. The molecule has 0 aliphatic carbocycles. The molecule has 3 aromatic rings. The van der Waals surface area contributed by atoms with Gasteiger partial charge in [0.05, 0.1) is 12.8 Å². The Kier molecular flexibility index (Phi) is 5.00. The van der Waals surface area contributed by atoms with Crippen LogP contribution in [0.3, 0.4) is 0 Å². The minimum absolute atomic E-state index is 0.0201. The topological polar surface area (TPSA) is 98.3 Å². The van der Waals surface area contributed by atoms with Gasteiger partial charge in [0, 0.05) is 60.2 Å². The van der Waals surface area contributed by atoms with Gasteiger partial charge in [-0.15, -0.1) is 0 Å². The van der Waals surface area contributed by atoms with Gasteiger partial charge in [0.15, 0.2) is 0 Å². The van der Waals surface area contributed by atoms with Crippen molar-refractivity contribution in [2.45, 2.75) is 31.7 Å². The van der Waals surface area contributed by atoms with Gasteiger partial charge in [-0.1, -0.05) is 18.2 Å². The number of aromatic nitrogens is 3. The van der Waals surface area contributed by atoms with Crippen molar-refractivity contribution in [2.24, 2.45) is 0 Å². The molecule has 1 aromatic carbocycles. The van der Waals surface area contributed by atoms with Crippen LogP contribution in [0.2, 0.25) is 0 Å². The first-order chi connectivity index (χ1) is 15.5. The van der Waals surface area contributed by atoms with Gasteiger partial charge in [-0.3, -0.25) is 4.68 Å². The van der Waals surface area contributed by atoms with Crippen LogP contribution in [-0.2, 0) is 12.0 Å². The molecule has 2 aromatic heterocycles. The van der Waals surface area contributed by atoms with E-state index < -0.39 is 0 Å². The summed E-state index contributed by atoms with van der Waals surface area (Å²) >= 11 is 0. The molecule has 2 aliphatic heterocycles. The summed E-state index contributed by atoms with van der Waals surface area (Å²) in [5.41, 5.74) is 10.9. The van der Waals surface area contributed by atoms with Crippen molar-refractivity contribution in [3.8, 4) is 28.1 Å². The summed E-state index contributed by atoms with van der Waals surface area (Å²) in [4.78, 5) is 18.7. The van der Waals surface area contributed by atoms with E-state index in [2.05, 4.69) is 21.0 Å². The molecular formula is C24H28N6O2. The van der Waals surface area contributed by atoms with Gasteiger partial charge in [-0.25, -0.2) is 9.78 Å². The number of pyridine rings is 1. The minimum Gasteiger partial charge on any atom is -0.496 e. The van der Waals surface area contributed by atoms with E-state index in [1.54, 1.807) is 13.3 Å². The molecule has 0 radical (unpaired) electrons. The number of ether oxygens (including phenoxy) is 1. The molecule has 2 aliphatic rings. The van der Waals surface area contributed by atoms with Gasteiger partial charge in [-0.2, -0.15) is 5.10 Å². The molecule has 0 bridgehead atoms. The first kappa shape index (κ1) is 20.4. The van der Waals surface area contributed by atoms with Crippen LogP contribution in [0.1, 0.15) is 25.5 Å². The van der Waals surface area contributed by atoms with E-state index in [1.165, 1.54) is 5.69 Å². The van der Waals surface area contributed by atoms with Gasteiger partial charge >= 0.3 is 6.03 Å². The maximum atomic E-state index is 12.3. The van der Waals surface area contributed by atoms with Crippen molar-refractivity contribution in [1.82, 2.24) is 25.0 Å². The molecule has 4 heterocycles. The van der Waals surface area contributed by atoms with Gasteiger partial charge in [0.25, 0.3) is 0 Å². The van der Waals surface area contributed by atoms with E-state index in [1.807, 2.05) is 42.2 Å². The second-order valence-corrected chi connectivity index (χ2v) is 8.53. The third-order valence-electron chi connectivity index (χ3n) is 6.71. The predicted molar refractivity (Wildman–Crippen MR) is 123 cm³/mol. The maximum Gasteiger partial charge on any atom is 0.317 e. The lowest BCUT2D eigenvalue weighted by molar-refractivity contribution is 0.206. The summed E-state index contributed by atoms with van der Waals surface area (Å²) in [5.74, 6) is 1.20. The van der Waals surface area contributed by atoms with Crippen molar-refractivity contribution in [3.05, 3.63) is 48.3 Å². The van der Waals surface area contributed by atoms with E-state index in [0.29, 0.717) is 12.4 Å². The molecule has 166 valence electrons. The number of anilines is 1. The molecule has 2 amide bonds. The number of nitrogens with one attached hydrogen (secondary N) is 1. The van der Waals surface area contributed by atoms with Crippen LogP contribution in [0, 0.1) is 0 Å². The Morgan fingerprint density at radius 3 is 2.84 bits per heavy atom. The van der Waals surface area contributed by atoms with Crippen molar-refractivity contribution in [3.63, 3.8) is 0 Å². The number of para-hydroxylation sites is 1. The second-order valence-electron chi connectivity index (χ2n) is 8.53. The van der Waals surface area contributed by atoms with E-state index >= 15 is 0 Å². The normalized spacial score (nSPS) is 19.4. The fraction of sp³-hybridized carbons (Fsp3) is 0.375. The average Bonchev–Trinajstić information content (AvgIpc) is 3.51. The van der Waals surface area contributed by atoms with Gasteiger partial charge in [-0.05, 0) is 38.0 Å². The van der Waals surface area contributed by atoms with Crippen molar-refractivity contribution < 1.29 is 9.53 Å². The molecule has 3 N–H and O–H groups in total. The number of rotatable bonds is 4. The number of carbonyl (C=O) groups excluding carboxylic acids is 1. The van der Waals surface area contributed by atoms with Crippen LogP contribution in [0.5, 0.6) is 5.75 Å². The summed E-state index contributed by atoms with van der Waals surface area (Å²) < 4.78 is 7.61. The van der Waals surface area contributed by atoms with Gasteiger partial charge in [0.2, 0.25) is 0 Å². The Bertz CT molecular complexity index is 1170. The zero-order chi connectivity index (χ0) is 22.3. The van der Waals surface area contributed by atoms with Crippen LogP contribution in [-0.4, -0.2) is 52.4 Å². The lowest BCUT2D eigenvalue weighted by atomic mass is 9.82. The summed E-state index contributed by atoms with van der Waals surface area (Å²) in [7, 11) is 1.65. The second kappa shape index (κ2) is 7.85. The van der Waals surface area contributed by atoms with Crippen molar-refractivity contribution >= 4 is 11.8 Å². The summed E-state index contributed by atoms with van der Waals surface area (Å²) in [6.45, 7) is 4.95. The monoisotopic (exact) mass is 432 g/mol. The Morgan fingerprint density at radius 2 is 2.03 bits per heavy atom. The Labute approximate surface area is 187 Å². The first-order valence-corrected chi connectivity index (χ1v) is 11.0. The van der Waals surface area contributed by atoms with E-state index in [-0.39, 0.29) is 11.4 Å². The maximum absolute atomic E-state index is 12.3. The molecular weight excluding hydrogens is 404 g/mol. The highest BCUT2D eigenvalue weighted by Gasteiger charge is 2.46. The number of methoxy groups -OCH3 is 1. The Balaban J connectivity index is 1.48. The molecule has 8 nitrogen and oxygen atoms in total. The highest BCUT2D eigenvalue weighted by molar-refractivity contribution is 5.82. The standard InChI is InChI=1S/C24H28N6O2/c1-3-26-23(31)29-10-8-24(15-29)9-11-30-21(24)13-19(28-30)16-12-18(22(25)27-14-16)17-6-4-5-7-20(17)32-2/h4-7,12-14H,3,8-11,15H2,1-2H3,(H2,25,27)(H,26,31)/t24-/m1/s1. The zero-order valence-corrected chi connectivity index (χ0v) is 18.5. The third-order valence-corrected chi connectivity index (χ3v) is 6.71. The number of fused-ring (bicyclic) bond motifs is 2. The number of nitrogen functional groups attached to an aromatic ring is 1. The quantitative estimate of drug-likeness (QED) is 0.659. The number of amides is 2. The number of nitrogens with zero attached hydrogens (tertiary/aromatic N) is 4. The number of hydrogen-bond donors (Lipinski definition) is 2. The van der Waals surface area contributed by atoms with E-state index in [9.17, 15) is 4.79 Å². The first-order valence-electron chi connectivity index (χ1n) is 11.0. The van der Waals surface area contributed by atoms with Crippen molar-refractivity contribution in [2.75, 3.05) is 32.5 Å². The Morgan fingerprint density at radius 1 is 1.22 bits per heavy atom. The fourth-order valence-electron chi connectivity index (χ4n) is 5.02. The molecule has 0 unspecified atom stereocenters. The lowest BCUT2D eigenvalue weighted by Gasteiger charge is -2.23. The minimum atomic E-state index is -0.0248. The Hall–Kier alpha value is -3.55.